The molecule has 2 aliphatic rings. The minimum atomic E-state index is -1.74. The molecule has 2 unspecified atom stereocenters. The van der Waals surface area contributed by atoms with E-state index in [4.69, 9.17) is 5.73 Å². The lowest BCUT2D eigenvalue weighted by Gasteiger charge is -2.28. The van der Waals surface area contributed by atoms with Gasteiger partial charge in [0.25, 0.3) is 5.70 Å². The van der Waals surface area contributed by atoms with E-state index in [0.29, 0.717) is 18.5 Å². The van der Waals surface area contributed by atoms with E-state index in [-0.39, 0.29) is 5.57 Å². The lowest BCUT2D eigenvalue weighted by molar-refractivity contribution is -0.526. The summed E-state index contributed by atoms with van der Waals surface area (Å²) in [5.41, 5.74) is 6.08. The lowest BCUT2D eigenvalue weighted by Crippen LogP contribution is -2.49. The number of rotatable bonds is 3. The molecule has 2 atom stereocenters. The van der Waals surface area contributed by atoms with Gasteiger partial charge in [0.15, 0.2) is 5.92 Å². The number of nitro groups is 2. The molecule has 9 nitrogen and oxygen atoms in total. The smallest absolute Gasteiger partial charge is 0.307 e. The number of likely N-dealkylation sites (N-methyl/N-ethyl adjacent to an activating group) is 1. The van der Waals surface area contributed by atoms with Crippen LogP contribution in [0.1, 0.15) is 12.8 Å². The quantitative estimate of drug-likeness (QED) is 0.591. The van der Waals surface area contributed by atoms with Gasteiger partial charge in [-0.05, 0) is 18.4 Å². The molecule has 0 bridgehead atoms. The fourth-order valence-electron chi connectivity index (χ4n) is 2.56. The predicted molar refractivity (Wildman–Crippen MR) is 71.7 cm³/mol. The highest BCUT2D eigenvalue weighted by atomic mass is 16.6. The van der Waals surface area contributed by atoms with Crippen LogP contribution in [0.5, 0.6) is 0 Å². The van der Waals surface area contributed by atoms with Gasteiger partial charge in [-0.1, -0.05) is 12.2 Å². The minimum Gasteiger partial charge on any atom is -0.402 e. The van der Waals surface area contributed by atoms with Crippen LogP contribution < -0.4 is 5.73 Å². The third-order valence-electron chi connectivity index (χ3n) is 3.58. The van der Waals surface area contributed by atoms with Crippen molar-refractivity contribution in [1.29, 1.82) is 0 Å². The van der Waals surface area contributed by atoms with E-state index in [1.54, 1.807) is 6.08 Å². The van der Waals surface area contributed by atoms with E-state index in [1.165, 1.54) is 13.1 Å². The van der Waals surface area contributed by atoms with Crippen molar-refractivity contribution in [2.75, 3.05) is 7.05 Å². The van der Waals surface area contributed by atoms with E-state index in [1.807, 2.05) is 0 Å². The first-order valence-electron chi connectivity index (χ1n) is 6.26. The molecule has 2 rings (SSSR count). The van der Waals surface area contributed by atoms with Crippen LogP contribution in [0.4, 0.5) is 0 Å². The molecule has 0 aromatic heterocycles. The molecule has 112 valence electrons. The van der Waals surface area contributed by atoms with Crippen molar-refractivity contribution in [1.82, 2.24) is 4.90 Å². The van der Waals surface area contributed by atoms with Crippen LogP contribution in [0.15, 0.2) is 35.3 Å². The summed E-state index contributed by atoms with van der Waals surface area (Å²) in [5.74, 6) is -2.06. The van der Waals surface area contributed by atoms with E-state index in [2.05, 4.69) is 0 Å². The zero-order valence-electron chi connectivity index (χ0n) is 11.3. The van der Waals surface area contributed by atoms with Gasteiger partial charge in [0.2, 0.25) is 0 Å². The Morgan fingerprint density at radius 1 is 1.38 bits per heavy atom. The van der Waals surface area contributed by atoms with Crippen molar-refractivity contribution in [3.8, 4) is 0 Å². The first-order valence-corrected chi connectivity index (χ1v) is 6.26. The topological polar surface area (TPSA) is 133 Å². The Labute approximate surface area is 119 Å². The van der Waals surface area contributed by atoms with Crippen molar-refractivity contribution >= 4 is 5.91 Å². The number of nitrogens with two attached hydrogens (primary N) is 1. The molecule has 0 saturated carbocycles. The summed E-state index contributed by atoms with van der Waals surface area (Å²) in [6.45, 7) is 0. The Balaban J connectivity index is 2.62. The fourth-order valence-corrected chi connectivity index (χ4v) is 2.56. The molecule has 0 saturated heterocycles. The summed E-state index contributed by atoms with van der Waals surface area (Å²) in [4.78, 5) is 33.9. The summed E-state index contributed by atoms with van der Waals surface area (Å²) in [7, 11) is 1.26. The Morgan fingerprint density at radius 3 is 2.57 bits per heavy atom. The van der Waals surface area contributed by atoms with Gasteiger partial charge in [-0.25, -0.2) is 0 Å². The van der Waals surface area contributed by atoms with Crippen LogP contribution in [-0.4, -0.2) is 33.7 Å². The molecule has 0 aromatic rings. The summed E-state index contributed by atoms with van der Waals surface area (Å²) in [5, 5.41) is 22.5. The third kappa shape index (κ3) is 2.49. The zero-order chi connectivity index (χ0) is 15.7. The lowest BCUT2D eigenvalue weighted by atomic mass is 9.82. The van der Waals surface area contributed by atoms with Crippen molar-refractivity contribution in [2.24, 2.45) is 11.7 Å². The summed E-state index contributed by atoms with van der Waals surface area (Å²) >= 11 is 0. The molecule has 1 aliphatic heterocycles. The van der Waals surface area contributed by atoms with E-state index >= 15 is 0 Å². The Bertz CT molecular complexity index is 607. The zero-order valence-corrected chi connectivity index (χ0v) is 11.3. The molecule has 1 heterocycles. The molecule has 2 N–H and O–H groups in total. The van der Waals surface area contributed by atoms with Crippen LogP contribution >= 0.6 is 0 Å². The maximum absolute atomic E-state index is 12.0. The van der Waals surface area contributed by atoms with Gasteiger partial charge >= 0.3 is 11.9 Å². The standard InChI is InChI=1S/C12H14N4O5/c1-14-6-9(15(18)19)10(11(12(14)17)16(20)21)7-4-2-3-5-8(7)13/h2,4,6,10-11H,3,5,13H2,1H3. The fraction of sp³-hybridized carbons (Fsp3) is 0.417. The van der Waals surface area contributed by atoms with Gasteiger partial charge in [0.1, 0.15) is 0 Å². The van der Waals surface area contributed by atoms with Crippen molar-refractivity contribution in [3.05, 3.63) is 55.5 Å². The highest BCUT2D eigenvalue weighted by molar-refractivity contribution is 5.84. The first kappa shape index (κ1) is 14.7. The van der Waals surface area contributed by atoms with E-state index in [0.717, 1.165) is 11.1 Å². The maximum atomic E-state index is 12.0. The Morgan fingerprint density at radius 2 is 2.05 bits per heavy atom. The van der Waals surface area contributed by atoms with Crippen LogP contribution in [0.3, 0.4) is 0 Å². The van der Waals surface area contributed by atoms with Gasteiger partial charge in [-0.3, -0.25) is 25.0 Å². The average Bonchev–Trinajstić information content (AvgIpc) is 2.41. The van der Waals surface area contributed by atoms with Crippen LogP contribution in [0.2, 0.25) is 0 Å². The molecule has 0 spiro atoms. The molecule has 9 heteroatoms. The highest BCUT2D eigenvalue weighted by Gasteiger charge is 2.52. The Kier molecular flexibility index (Phi) is 3.74. The molecular formula is C12H14N4O5. The molecule has 1 amide bonds. The van der Waals surface area contributed by atoms with E-state index in [9.17, 15) is 25.0 Å². The second-order valence-corrected chi connectivity index (χ2v) is 4.89. The van der Waals surface area contributed by atoms with Gasteiger partial charge in [0, 0.05) is 17.7 Å². The number of carbonyl (C=O) groups excluding carboxylic acids is 1. The second-order valence-electron chi connectivity index (χ2n) is 4.89. The molecule has 0 radical (unpaired) electrons. The van der Waals surface area contributed by atoms with Gasteiger partial charge < -0.3 is 10.6 Å². The summed E-state index contributed by atoms with van der Waals surface area (Å²) < 4.78 is 0. The van der Waals surface area contributed by atoms with E-state index < -0.39 is 33.4 Å². The predicted octanol–water partition coefficient (Wildman–Crippen LogP) is 0.401. The molecule has 21 heavy (non-hydrogen) atoms. The minimum absolute atomic E-state index is 0.285. The summed E-state index contributed by atoms with van der Waals surface area (Å²) in [6, 6.07) is -1.74. The van der Waals surface area contributed by atoms with Crippen molar-refractivity contribution in [2.45, 2.75) is 18.9 Å². The van der Waals surface area contributed by atoms with Crippen LogP contribution in [0.25, 0.3) is 0 Å². The maximum Gasteiger partial charge on any atom is 0.307 e. The van der Waals surface area contributed by atoms with Gasteiger partial charge in [0.05, 0.1) is 11.1 Å². The normalized spacial score (nSPS) is 25.9. The highest BCUT2D eigenvalue weighted by Crippen LogP contribution is 2.35. The molecule has 0 fully saturated rings. The third-order valence-corrected chi connectivity index (χ3v) is 3.58. The number of hydrogen-bond acceptors (Lipinski definition) is 6. The number of hydrogen-bond donors (Lipinski definition) is 1. The number of allylic oxidation sites excluding steroid dienone is 3. The monoisotopic (exact) mass is 294 g/mol. The first-order chi connectivity index (χ1) is 9.84. The number of amides is 1. The van der Waals surface area contributed by atoms with Gasteiger partial charge in [-0.2, -0.15) is 0 Å². The summed E-state index contributed by atoms with van der Waals surface area (Å²) in [6.07, 6.45) is 5.42. The van der Waals surface area contributed by atoms with Crippen LogP contribution in [-0.2, 0) is 4.79 Å². The Hall–Kier alpha value is -2.71. The van der Waals surface area contributed by atoms with Crippen molar-refractivity contribution < 1.29 is 14.6 Å². The SMILES string of the molecule is CN1C=C([N+](=O)[O-])C(C2=C(N)CCC=C2)C([N+](=O)[O-])C1=O. The van der Waals surface area contributed by atoms with Crippen LogP contribution in [0, 0.1) is 26.1 Å². The van der Waals surface area contributed by atoms with Crippen molar-refractivity contribution in [3.63, 3.8) is 0 Å². The molecular weight excluding hydrogens is 280 g/mol. The largest absolute Gasteiger partial charge is 0.402 e. The average molecular weight is 294 g/mol. The number of nitrogens with zero attached hydrogens (tertiary/aromatic N) is 3. The van der Waals surface area contributed by atoms with Gasteiger partial charge in [-0.15, -0.1) is 0 Å². The number of carbonyl (C=O) groups is 1. The second kappa shape index (κ2) is 5.35. The molecule has 0 aromatic carbocycles. The molecule has 1 aliphatic carbocycles.